The lowest BCUT2D eigenvalue weighted by Gasteiger charge is -2.08. The van der Waals surface area contributed by atoms with Gasteiger partial charge in [0.05, 0.1) is 0 Å². The van der Waals surface area contributed by atoms with E-state index in [1.165, 1.54) is 12.1 Å². The number of rotatable bonds is 3. The highest BCUT2D eigenvalue weighted by atomic mass is 16.4. The molecule has 0 spiro atoms. The number of phenolic OH excluding ortho intramolecular Hbond substituents is 1. The maximum atomic E-state index is 11.4. The average Bonchev–Trinajstić information content (AvgIpc) is 2.28. The van der Waals surface area contributed by atoms with Crippen LogP contribution in [0.25, 0.3) is 11.0 Å². The Kier molecular flexibility index (Phi) is 3.15. The largest absolute Gasteiger partial charge is 0.508 e. The Balaban J connectivity index is 2.76. The van der Waals surface area contributed by atoms with Crippen LogP contribution in [0.5, 0.6) is 5.75 Å². The zero-order valence-corrected chi connectivity index (χ0v) is 9.91. The molecule has 90 valence electrons. The number of hydrogen-bond acceptors (Lipinski definition) is 4. The first-order valence-corrected chi connectivity index (χ1v) is 5.59. The summed E-state index contributed by atoms with van der Waals surface area (Å²) in [5.41, 5.74) is 1.76. The van der Waals surface area contributed by atoms with Gasteiger partial charge in [0.25, 0.3) is 0 Å². The van der Waals surface area contributed by atoms with Gasteiger partial charge in [-0.15, -0.1) is 0 Å². The molecular formula is C13H15NO3. The number of nitrogens with one attached hydrogen (secondary N) is 1. The van der Waals surface area contributed by atoms with Crippen molar-refractivity contribution >= 4 is 11.0 Å². The van der Waals surface area contributed by atoms with E-state index in [9.17, 15) is 9.90 Å². The normalized spacial score (nSPS) is 10.9. The van der Waals surface area contributed by atoms with Gasteiger partial charge >= 0.3 is 5.63 Å². The lowest BCUT2D eigenvalue weighted by Crippen LogP contribution is -2.09. The Hall–Kier alpha value is -1.81. The van der Waals surface area contributed by atoms with E-state index in [1.807, 2.05) is 20.0 Å². The van der Waals surface area contributed by atoms with Gasteiger partial charge in [0.1, 0.15) is 11.3 Å². The highest BCUT2D eigenvalue weighted by Crippen LogP contribution is 2.26. The van der Waals surface area contributed by atoms with E-state index < -0.39 is 5.63 Å². The zero-order valence-electron chi connectivity index (χ0n) is 9.91. The molecule has 4 nitrogen and oxygen atoms in total. The smallest absolute Gasteiger partial charge is 0.336 e. The first kappa shape index (κ1) is 11.7. The molecule has 2 rings (SSSR count). The van der Waals surface area contributed by atoms with Crippen LogP contribution in [0.2, 0.25) is 0 Å². The molecular weight excluding hydrogens is 218 g/mol. The quantitative estimate of drug-likeness (QED) is 0.793. The summed E-state index contributed by atoms with van der Waals surface area (Å²) in [6, 6.07) is 4.87. The standard InChI is InChI=1S/C13H15NO3/c1-3-8-4-10-9(7-14-2)5-13(16)17-12(10)6-11(8)15/h4-6,14-15H,3,7H2,1-2H3. The Morgan fingerprint density at radius 3 is 2.71 bits per heavy atom. The summed E-state index contributed by atoms with van der Waals surface area (Å²) in [5.74, 6) is 0.171. The van der Waals surface area contributed by atoms with Crippen molar-refractivity contribution in [1.29, 1.82) is 0 Å². The molecule has 1 aromatic heterocycles. The molecule has 0 amide bonds. The van der Waals surface area contributed by atoms with Crippen LogP contribution in [0.15, 0.2) is 27.4 Å². The molecule has 0 atom stereocenters. The minimum Gasteiger partial charge on any atom is -0.508 e. The first-order valence-electron chi connectivity index (χ1n) is 5.59. The minimum atomic E-state index is -0.397. The van der Waals surface area contributed by atoms with Crippen LogP contribution in [-0.2, 0) is 13.0 Å². The molecule has 0 fully saturated rings. The van der Waals surface area contributed by atoms with Gasteiger partial charge in [-0.05, 0) is 30.7 Å². The summed E-state index contributed by atoms with van der Waals surface area (Å²) < 4.78 is 5.09. The van der Waals surface area contributed by atoms with Crippen LogP contribution in [0.3, 0.4) is 0 Å². The summed E-state index contributed by atoms with van der Waals surface area (Å²) in [7, 11) is 1.82. The lowest BCUT2D eigenvalue weighted by molar-refractivity contribution is 0.466. The van der Waals surface area contributed by atoms with Gasteiger partial charge in [-0.3, -0.25) is 0 Å². The molecule has 0 aliphatic carbocycles. The van der Waals surface area contributed by atoms with Crippen molar-refractivity contribution in [3.63, 3.8) is 0 Å². The van der Waals surface area contributed by atoms with Crippen molar-refractivity contribution in [2.24, 2.45) is 0 Å². The topological polar surface area (TPSA) is 62.5 Å². The Morgan fingerprint density at radius 2 is 2.06 bits per heavy atom. The molecule has 0 saturated carbocycles. The number of hydrogen-bond donors (Lipinski definition) is 2. The van der Waals surface area contributed by atoms with Crippen molar-refractivity contribution < 1.29 is 9.52 Å². The van der Waals surface area contributed by atoms with Crippen LogP contribution >= 0.6 is 0 Å². The summed E-state index contributed by atoms with van der Waals surface area (Å²) >= 11 is 0. The highest BCUT2D eigenvalue weighted by Gasteiger charge is 2.09. The number of phenols is 1. The molecule has 0 radical (unpaired) electrons. The van der Waals surface area contributed by atoms with E-state index in [0.717, 1.165) is 22.9 Å². The third-order valence-corrected chi connectivity index (χ3v) is 2.78. The van der Waals surface area contributed by atoms with Gasteiger partial charge in [-0.1, -0.05) is 6.92 Å². The second-order valence-electron chi connectivity index (χ2n) is 3.95. The van der Waals surface area contributed by atoms with Crippen molar-refractivity contribution in [1.82, 2.24) is 5.32 Å². The molecule has 0 aliphatic heterocycles. The van der Waals surface area contributed by atoms with Gasteiger partial charge < -0.3 is 14.8 Å². The van der Waals surface area contributed by atoms with E-state index in [4.69, 9.17) is 4.42 Å². The third-order valence-electron chi connectivity index (χ3n) is 2.78. The Labute approximate surface area is 98.9 Å². The van der Waals surface area contributed by atoms with E-state index in [-0.39, 0.29) is 5.75 Å². The van der Waals surface area contributed by atoms with Crippen molar-refractivity contribution in [2.75, 3.05) is 7.05 Å². The highest BCUT2D eigenvalue weighted by molar-refractivity contribution is 5.82. The predicted molar refractivity (Wildman–Crippen MR) is 66.3 cm³/mol. The number of benzene rings is 1. The zero-order chi connectivity index (χ0) is 12.4. The van der Waals surface area contributed by atoms with Crippen LogP contribution in [0.4, 0.5) is 0 Å². The fourth-order valence-electron chi connectivity index (χ4n) is 1.93. The number of aromatic hydroxyl groups is 1. The molecule has 1 heterocycles. The van der Waals surface area contributed by atoms with Crippen molar-refractivity contribution in [3.05, 3.63) is 39.7 Å². The van der Waals surface area contributed by atoms with Gasteiger partial charge in [-0.2, -0.15) is 0 Å². The van der Waals surface area contributed by atoms with Crippen LogP contribution in [-0.4, -0.2) is 12.2 Å². The van der Waals surface area contributed by atoms with Gasteiger partial charge in [0.2, 0.25) is 0 Å². The molecule has 0 unspecified atom stereocenters. The van der Waals surface area contributed by atoms with Gasteiger partial charge in [0, 0.05) is 24.1 Å². The van der Waals surface area contributed by atoms with E-state index in [1.54, 1.807) is 0 Å². The molecule has 2 aromatic rings. The SMILES string of the molecule is CCc1cc2c(CNC)cc(=O)oc2cc1O. The summed E-state index contributed by atoms with van der Waals surface area (Å²) in [5, 5.41) is 13.6. The molecule has 4 heteroatoms. The average molecular weight is 233 g/mol. The number of aryl methyl sites for hydroxylation is 1. The first-order chi connectivity index (χ1) is 8.15. The van der Waals surface area contributed by atoms with Crippen LogP contribution in [0, 0.1) is 0 Å². The maximum absolute atomic E-state index is 11.4. The maximum Gasteiger partial charge on any atom is 0.336 e. The summed E-state index contributed by atoms with van der Waals surface area (Å²) in [4.78, 5) is 11.4. The van der Waals surface area contributed by atoms with Crippen molar-refractivity contribution in [3.8, 4) is 5.75 Å². The lowest BCUT2D eigenvalue weighted by atomic mass is 10.0. The molecule has 2 N–H and O–H groups in total. The van der Waals surface area contributed by atoms with E-state index in [0.29, 0.717) is 12.1 Å². The number of fused-ring (bicyclic) bond motifs is 1. The molecule has 0 bridgehead atoms. The van der Waals surface area contributed by atoms with Gasteiger partial charge in [-0.25, -0.2) is 4.79 Å². The molecule has 0 saturated heterocycles. The Morgan fingerprint density at radius 1 is 1.29 bits per heavy atom. The molecule has 1 aromatic carbocycles. The minimum absolute atomic E-state index is 0.171. The van der Waals surface area contributed by atoms with Crippen LogP contribution in [0.1, 0.15) is 18.1 Å². The molecule has 0 aliphatic rings. The van der Waals surface area contributed by atoms with Crippen molar-refractivity contribution in [2.45, 2.75) is 19.9 Å². The van der Waals surface area contributed by atoms with E-state index in [2.05, 4.69) is 5.32 Å². The predicted octanol–water partition coefficient (Wildman–Crippen LogP) is 1.78. The summed E-state index contributed by atoms with van der Waals surface area (Å²) in [6.45, 7) is 2.56. The van der Waals surface area contributed by atoms with E-state index >= 15 is 0 Å². The molecule has 17 heavy (non-hydrogen) atoms. The second-order valence-corrected chi connectivity index (χ2v) is 3.95. The fraction of sp³-hybridized carbons (Fsp3) is 0.308. The fourth-order valence-corrected chi connectivity index (χ4v) is 1.93. The third kappa shape index (κ3) is 2.17. The monoisotopic (exact) mass is 233 g/mol. The Bertz CT molecular complexity index is 601. The van der Waals surface area contributed by atoms with Crippen LogP contribution < -0.4 is 10.9 Å². The van der Waals surface area contributed by atoms with Gasteiger partial charge in [0.15, 0.2) is 0 Å². The summed E-state index contributed by atoms with van der Waals surface area (Å²) in [6.07, 6.45) is 0.736. The second kappa shape index (κ2) is 4.59.